The van der Waals surface area contributed by atoms with E-state index < -0.39 is 0 Å². The molecule has 0 radical (unpaired) electrons. The molecule has 2 rings (SSSR count). The Morgan fingerprint density at radius 2 is 1.89 bits per heavy atom. The van der Waals surface area contributed by atoms with Crippen molar-refractivity contribution in [1.82, 2.24) is 0 Å². The van der Waals surface area contributed by atoms with Crippen molar-refractivity contribution in [3.05, 3.63) is 58.3 Å². The quantitative estimate of drug-likeness (QED) is 0.909. The fourth-order valence-electron chi connectivity index (χ4n) is 2.06. The average Bonchev–Trinajstić information content (AvgIpc) is 2.42. The lowest BCUT2D eigenvalue weighted by Gasteiger charge is -2.26. The minimum Gasteiger partial charge on any atom is -0.392 e. The molecule has 0 amide bonds. The highest BCUT2D eigenvalue weighted by atomic mass is 79.9. The number of anilines is 2. The summed E-state index contributed by atoms with van der Waals surface area (Å²) in [6.07, 6.45) is 0. The van der Waals surface area contributed by atoms with E-state index in [4.69, 9.17) is 0 Å². The molecule has 2 nitrogen and oxygen atoms in total. The number of hydrogen-bond donors (Lipinski definition) is 1. The summed E-state index contributed by atoms with van der Waals surface area (Å²) < 4.78 is 14.8. The van der Waals surface area contributed by atoms with Crippen LogP contribution < -0.4 is 4.90 Å². The third-order valence-electron chi connectivity index (χ3n) is 2.97. The van der Waals surface area contributed by atoms with Gasteiger partial charge in [-0.3, -0.25) is 0 Å². The van der Waals surface area contributed by atoms with Crippen molar-refractivity contribution in [2.75, 3.05) is 11.4 Å². The predicted octanol–water partition coefficient (Wildman–Crippen LogP) is 4.24. The van der Waals surface area contributed by atoms with Crippen molar-refractivity contribution in [1.29, 1.82) is 0 Å². The molecule has 19 heavy (non-hydrogen) atoms. The van der Waals surface area contributed by atoms with Crippen LogP contribution in [0.25, 0.3) is 0 Å². The summed E-state index contributed by atoms with van der Waals surface area (Å²) in [4.78, 5) is 1.85. The van der Waals surface area contributed by atoms with Gasteiger partial charge < -0.3 is 10.0 Å². The van der Waals surface area contributed by atoms with Crippen LogP contribution >= 0.6 is 15.9 Å². The van der Waals surface area contributed by atoms with Crippen LogP contribution in [0.3, 0.4) is 0 Å². The summed E-state index contributed by atoms with van der Waals surface area (Å²) in [6.45, 7) is 2.49. The van der Waals surface area contributed by atoms with E-state index in [0.29, 0.717) is 12.2 Å². The molecule has 0 unspecified atom stereocenters. The van der Waals surface area contributed by atoms with E-state index in [1.54, 1.807) is 18.2 Å². The van der Waals surface area contributed by atoms with E-state index in [0.717, 1.165) is 15.7 Å². The van der Waals surface area contributed by atoms with Crippen molar-refractivity contribution in [3.8, 4) is 0 Å². The molecule has 4 heteroatoms. The van der Waals surface area contributed by atoms with Gasteiger partial charge in [0.15, 0.2) is 0 Å². The topological polar surface area (TPSA) is 23.5 Å². The zero-order valence-electron chi connectivity index (χ0n) is 10.6. The first kappa shape index (κ1) is 14.0. The lowest BCUT2D eigenvalue weighted by molar-refractivity contribution is 0.282. The maximum atomic E-state index is 13.9. The summed E-state index contributed by atoms with van der Waals surface area (Å²) in [5.41, 5.74) is 2.09. The minimum absolute atomic E-state index is 0.0758. The smallest absolute Gasteiger partial charge is 0.146 e. The summed E-state index contributed by atoms with van der Waals surface area (Å²) in [5.74, 6) is -0.270. The average molecular weight is 324 g/mol. The molecule has 0 atom stereocenters. The fourth-order valence-corrected chi connectivity index (χ4v) is 2.41. The molecule has 100 valence electrons. The second kappa shape index (κ2) is 6.17. The predicted molar refractivity (Wildman–Crippen MR) is 79.1 cm³/mol. The van der Waals surface area contributed by atoms with E-state index in [1.165, 1.54) is 6.07 Å². The molecule has 0 heterocycles. The van der Waals surface area contributed by atoms with E-state index in [1.807, 2.05) is 30.0 Å². The van der Waals surface area contributed by atoms with Crippen LogP contribution in [0.15, 0.2) is 46.9 Å². The molecule has 0 saturated heterocycles. The van der Waals surface area contributed by atoms with E-state index in [-0.39, 0.29) is 12.4 Å². The Balaban J connectivity index is 2.54. The standard InChI is InChI=1S/C15H15BrFNO/c1-2-18(14-6-4-3-5-13(14)17)15-9-12(16)8-7-11(15)10-19/h3-9,19H,2,10H2,1H3. The highest BCUT2D eigenvalue weighted by Gasteiger charge is 2.15. The van der Waals surface area contributed by atoms with Crippen molar-refractivity contribution in [2.24, 2.45) is 0 Å². The molecule has 0 saturated carbocycles. The van der Waals surface area contributed by atoms with Crippen LogP contribution in [0.2, 0.25) is 0 Å². The summed E-state index contributed by atoms with van der Waals surface area (Å²) in [5, 5.41) is 9.43. The molecule has 2 aromatic rings. The number of benzene rings is 2. The summed E-state index contributed by atoms with van der Waals surface area (Å²) in [6, 6.07) is 12.2. The van der Waals surface area contributed by atoms with E-state index in [9.17, 15) is 9.50 Å². The Bertz CT molecular complexity index is 574. The number of halogens is 2. The third kappa shape index (κ3) is 2.96. The Morgan fingerprint density at radius 3 is 2.53 bits per heavy atom. The van der Waals surface area contributed by atoms with Crippen LogP contribution in [0.1, 0.15) is 12.5 Å². The molecule has 0 aliphatic carbocycles. The largest absolute Gasteiger partial charge is 0.392 e. The zero-order valence-corrected chi connectivity index (χ0v) is 12.2. The first-order valence-electron chi connectivity index (χ1n) is 6.08. The third-order valence-corrected chi connectivity index (χ3v) is 3.46. The van der Waals surface area contributed by atoms with Gasteiger partial charge >= 0.3 is 0 Å². The second-order valence-electron chi connectivity index (χ2n) is 4.13. The van der Waals surface area contributed by atoms with Gasteiger partial charge in [-0.15, -0.1) is 0 Å². The number of aliphatic hydroxyl groups excluding tert-OH is 1. The number of rotatable bonds is 4. The first-order chi connectivity index (χ1) is 9.17. The molecule has 0 fully saturated rings. The molecule has 0 aliphatic rings. The van der Waals surface area contributed by atoms with E-state index in [2.05, 4.69) is 15.9 Å². The van der Waals surface area contributed by atoms with Crippen LogP contribution in [0, 0.1) is 5.82 Å². The van der Waals surface area contributed by atoms with Gasteiger partial charge in [0.1, 0.15) is 5.82 Å². The Labute approximate surface area is 120 Å². The van der Waals surface area contributed by atoms with Crippen LogP contribution in [0.5, 0.6) is 0 Å². The SMILES string of the molecule is CCN(c1ccccc1F)c1cc(Br)ccc1CO. The van der Waals surface area contributed by atoms with Crippen LogP contribution in [-0.4, -0.2) is 11.7 Å². The molecule has 0 aromatic heterocycles. The molecule has 1 N–H and O–H groups in total. The molecular weight excluding hydrogens is 309 g/mol. The number of nitrogens with zero attached hydrogens (tertiary/aromatic N) is 1. The van der Waals surface area contributed by atoms with Gasteiger partial charge in [0.2, 0.25) is 0 Å². The lowest BCUT2D eigenvalue weighted by Crippen LogP contribution is -2.19. The van der Waals surface area contributed by atoms with E-state index >= 15 is 0 Å². The van der Waals surface area contributed by atoms with Gasteiger partial charge in [0.05, 0.1) is 12.3 Å². The number of hydrogen-bond acceptors (Lipinski definition) is 2. The van der Waals surface area contributed by atoms with Crippen molar-refractivity contribution >= 4 is 27.3 Å². The fraction of sp³-hybridized carbons (Fsp3) is 0.200. The summed E-state index contributed by atoms with van der Waals surface area (Å²) in [7, 11) is 0. The van der Waals surface area contributed by atoms with Crippen molar-refractivity contribution in [2.45, 2.75) is 13.5 Å². The van der Waals surface area contributed by atoms with Crippen LogP contribution in [0.4, 0.5) is 15.8 Å². The normalized spacial score (nSPS) is 10.5. The Morgan fingerprint density at radius 1 is 1.16 bits per heavy atom. The molecular formula is C15H15BrFNO. The van der Waals surface area contributed by atoms with Gasteiger partial charge in [-0.1, -0.05) is 34.1 Å². The molecule has 0 spiro atoms. The van der Waals surface area contributed by atoms with Crippen LogP contribution in [-0.2, 0) is 6.61 Å². The Hall–Kier alpha value is -1.39. The monoisotopic (exact) mass is 323 g/mol. The minimum atomic E-state index is -0.270. The van der Waals surface area contributed by atoms with Crippen molar-refractivity contribution < 1.29 is 9.50 Å². The van der Waals surface area contributed by atoms with Gasteiger partial charge in [-0.2, -0.15) is 0 Å². The zero-order chi connectivity index (χ0) is 13.8. The maximum Gasteiger partial charge on any atom is 0.146 e. The molecule has 2 aromatic carbocycles. The van der Waals surface area contributed by atoms with Crippen molar-refractivity contribution in [3.63, 3.8) is 0 Å². The second-order valence-corrected chi connectivity index (χ2v) is 5.04. The van der Waals surface area contributed by atoms with Gasteiger partial charge in [-0.05, 0) is 31.2 Å². The maximum absolute atomic E-state index is 13.9. The van der Waals surface area contributed by atoms with Gasteiger partial charge in [-0.25, -0.2) is 4.39 Å². The number of para-hydroxylation sites is 1. The van der Waals surface area contributed by atoms with Gasteiger partial charge in [0.25, 0.3) is 0 Å². The molecule has 0 aliphatic heterocycles. The lowest BCUT2D eigenvalue weighted by atomic mass is 10.1. The Kier molecular flexibility index (Phi) is 4.56. The highest BCUT2D eigenvalue weighted by Crippen LogP contribution is 2.32. The van der Waals surface area contributed by atoms with Gasteiger partial charge in [0, 0.05) is 22.3 Å². The first-order valence-corrected chi connectivity index (χ1v) is 6.88. The summed E-state index contributed by atoms with van der Waals surface area (Å²) >= 11 is 3.41. The number of aliphatic hydroxyl groups is 1. The highest BCUT2D eigenvalue weighted by molar-refractivity contribution is 9.10. The molecule has 0 bridgehead atoms.